The van der Waals surface area contributed by atoms with Gasteiger partial charge in [-0.1, -0.05) is 26.0 Å². The predicted molar refractivity (Wildman–Crippen MR) is 59.0 cm³/mol. The summed E-state index contributed by atoms with van der Waals surface area (Å²) in [6.45, 7) is 3.81. The number of hydrogen-bond donors (Lipinski definition) is 1. The lowest BCUT2D eigenvalue weighted by Gasteiger charge is -2.14. The lowest BCUT2D eigenvalue weighted by atomic mass is 9.91. The largest absolute Gasteiger partial charge is 0.481 e. The average molecular weight is 222 g/mol. The second kappa shape index (κ2) is 3.58. The molecule has 1 aromatic rings. The number of benzene rings is 1. The Morgan fingerprint density at radius 2 is 2.06 bits per heavy atom. The Balaban J connectivity index is 2.44. The van der Waals surface area contributed by atoms with Crippen molar-refractivity contribution in [2.24, 2.45) is 0 Å². The van der Waals surface area contributed by atoms with Crippen molar-refractivity contribution in [3.8, 4) is 0 Å². The summed E-state index contributed by atoms with van der Waals surface area (Å²) in [5.41, 5.74) is 0.604. The van der Waals surface area contributed by atoms with Crippen LogP contribution in [0.1, 0.15) is 43.7 Å². The minimum atomic E-state index is -0.797. The second-order valence-corrected chi connectivity index (χ2v) is 4.78. The highest BCUT2D eigenvalue weighted by Crippen LogP contribution is 2.48. The molecule has 16 heavy (non-hydrogen) atoms. The third-order valence-electron chi connectivity index (χ3n) is 3.33. The molecule has 0 heterocycles. The molecular weight excluding hydrogens is 207 g/mol. The van der Waals surface area contributed by atoms with Crippen LogP contribution in [0.5, 0.6) is 0 Å². The van der Waals surface area contributed by atoms with E-state index in [2.05, 4.69) is 0 Å². The van der Waals surface area contributed by atoms with Gasteiger partial charge in [0.1, 0.15) is 5.82 Å². The lowest BCUT2D eigenvalue weighted by molar-refractivity contribution is -0.140. The molecule has 0 unspecified atom stereocenters. The third kappa shape index (κ3) is 1.60. The summed E-state index contributed by atoms with van der Waals surface area (Å²) < 4.78 is 13.5. The standard InChI is InChI=1S/C13H15FO2/c1-8(2)10-7-9(3-4-11(10)14)13(5-6-13)12(15)16/h3-4,7-8H,5-6H2,1-2H3,(H,15,16). The van der Waals surface area contributed by atoms with E-state index in [9.17, 15) is 9.18 Å². The smallest absolute Gasteiger partial charge is 0.314 e. The van der Waals surface area contributed by atoms with Gasteiger partial charge in [-0.2, -0.15) is 0 Å². The Morgan fingerprint density at radius 3 is 2.50 bits per heavy atom. The number of halogens is 1. The van der Waals surface area contributed by atoms with Gasteiger partial charge in [-0.25, -0.2) is 4.39 Å². The van der Waals surface area contributed by atoms with Gasteiger partial charge in [0.15, 0.2) is 0 Å². The van der Waals surface area contributed by atoms with Crippen LogP contribution < -0.4 is 0 Å². The molecule has 0 aliphatic heterocycles. The summed E-state index contributed by atoms with van der Waals surface area (Å²) in [6.07, 6.45) is 1.32. The second-order valence-electron chi connectivity index (χ2n) is 4.78. The Hall–Kier alpha value is -1.38. The van der Waals surface area contributed by atoms with Crippen LogP contribution in [-0.2, 0) is 10.2 Å². The first kappa shape index (κ1) is 11.1. The summed E-state index contributed by atoms with van der Waals surface area (Å²) in [4.78, 5) is 11.2. The fourth-order valence-electron chi connectivity index (χ4n) is 2.03. The van der Waals surface area contributed by atoms with Crippen molar-refractivity contribution in [1.82, 2.24) is 0 Å². The summed E-state index contributed by atoms with van der Waals surface area (Å²) in [5, 5.41) is 9.16. The number of carboxylic acids is 1. The van der Waals surface area contributed by atoms with Gasteiger partial charge >= 0.3 is 5.97 Å². The maximum atomic E-state index is 13.5. The minimum Gasteiger partial charge on any atom is -0.481 e. The normalized spacial score (nSPS) is 17.5. The zero-order chi connectivity index (χ0) is 11.9. The van der Waals surface area contributed by atoms with Gasteiger partial charge in [0.2, 0.25) is 0 Å². The molecule has 1 saturated carbocycles. The molecule has 1 aliphatic rings. The highest BCUT2D eigenvalue weighted by molar-refractivity contribution is 5.84. The zero-order valence-corrected chi connectivity index (χ0v) is 9.46. The van der Waals surface area contributed by atoms with Crippen molar-refractivity contribution < 1.29 is 14.3 Å². The van der Waals surface area contributed by atoms with Crippen LogP contribution in [0.25, 0.3) is 0 Å². The molecule has 0 atom stereocenters. The topological polar surface area (TPSA) is 37.3 Å². The highest BCUT2D eigenvalue weighted by atomic mass is 19.1. The lowest BCUT2D eigenvalue weighted by Crippen LogP contribution is -2.19. The maximum absolute atomic E-state index is 13.5. The molecule has 0 aromatic heterocycles. The Bertz CT molecular complexity index is 434. The molecule has 86 valence electrons. The third-order valence-corrected chi connectivity index (χ3v) is 3.33. The van der Waals surface area contributed by atoms with Gasteiger partial charge in [-0.15, -0.1) is 0 Å². The summed E-state index contributed by atoms with van der Waals surface area (Å²) >= 11 is 0. The van der Waals surface area contributed by atoms with Gasteiger partial charge in [-0.05, 0) is 36.0 Å². The first-order chi connectivity index (χ1) is 7.47. The quantitative estimate of drug-likeness (QED) is 0.853. The van der Waals surface area contributed by atoms with Gasteiger partial charge in [-0.3, -0.25) is 4.79 Å². The van der Waals surface area contributed by atoms with Crippen molar-refractivity contribution in [2.45, 2.75) is 38.0 Å². The van der Waals surface area contributed by atoms with Crippen molar-refractivity contribution in [3.05, 3.63) is 35.1 Å². The molecular formula is C13H15FO2. The Labute approximate surface area is 94.1 Å². The van der Waals surface area contributed by atoms with Crippen LogP contribution in [-0.4, -0.2) is 11.1 Å². The molecule has 1 fully saturated rings. The van der Waals surface area contributed by atoms with E-state index in [1.54, 1.807) is 12.1 Å². The molecule has 1 aliphatic carbocycles. The molecule has 2 rings (SSSR count). The molecule has 0 radical (unpaired) electrons. The number of carbonyl (C=O) groups is 1. The molecule has 3 heteroatoms. The van der Waals surface area contributed by atoms with Crippen LogP contribution in [0.2, 0.25) is 0 Å². The first-order valence-corrected chi connectivity index (χ1v) is 5.51. The molecule has 0 bridgehead atoms. The minimum absolute atomic E-state index is 0.0737. The van der Waals surface area contributed by atoms with Crippen molar-refractivity contribution in [1.29, 1.82) is 0 Å². The van der Waals surface area contributed by atoms with Crippen LogP contribution in [0.4, 0.5) is 4.39 Å². The monoisotopic (exact) mass is 222 g/mol. The van der Waals surface area contributed by atoms with E-state index in [0.717, 1.165) is 5.56 Å². The van der Waals surface area contributed by atoms with E-state index in [0.29, 0.717) is 18.4 Å². The number of aliphatic carboxylic acids is 1. The SMILES string of the molecule is CC(C)c1cc(C2(C(=O)O)CC2)ccc1F. The first-order valence-electron chi connectivity index (χ1n) is 5.51. The summed E-state index contributed by atoms with van der Waals surface area (Å²) in [6, 6.07) is 4.69. The molecule has 0 saturated heterocycles. The fourth-order valence-corrected chi connectivity index (χ4v) is 2.03. The van der Waals surface area contributed by atoms with E-state index in [-0.39, 0.29) is 11.7 Å². The molecule has 0 spiro atoms. The predicted octanol–water partition coefficient (Wildman–Crippen LogP) is 3.07. The van der Waals surface area contributed by atoms with Gasteiger partial charge in [0, 0.05) is 0 Å². The number of hydrogen-bond acceptors (Lipinski definition) is 1. The maximum Gasteiger partial charge on any atom is 0.314 e. The molecule has 0 amide bonds. The Kier molecular flexibility index (Phi) is 2.49. The number of carboxylic acid groups (broad SMARTS) is 1. The fraction of sp³-hybridized carbons (Fsp3) is 0.462. The van der Waals surface area contributed by atoms with E-state index >= 15 is 0 Å². The Morgan fingerprint density at radius 1 is 1.44 bits per heavy atom. The molecule has 1 aromatic carbocycles. The number of rotatable bonds is 3. The van der Waals surface area contributed by atoms with Crippen LogP contribution in [0.3, 0.4) is 0 Å². The van der Waals surface area contributed by atoms with Gasteiger partial charge in [0.25, 0.3) is 0 Å². The average Bonchev–Trinajstić information content (AvgIpc) is 2.98. The van der Waals surface area contributed by atoms with Gasteiger partial charge < -0.3 is 5.11 Å². The van der Waals surface area contributed by atoms with Crippen LogP contribution in [0, 0.1) is 5.82 Å². The molecule has 1 N–H and O–H groups in total. The van der Waals surface area contributed by atoms with Gasteiger partial charge in [0.05, 0.1) is 5.41 Å². The van der Waals surface area contributed by atoms with E-state index in [1.807, 2.05) is 13.8 Å². The summed E-state index contributed by atoms with van der Waals surface area (Å²) in [7, 11) is 0. The van der Waals surface area contributed by atoms with E-state index in [1.165, 1.54) is 6.07 Å². The van der Waals surface area contributed by atoms with Crippen molar-refractivity contribution in [2.75, 3.05) is 0 Å². The highest BCUT2D eigenvalue weighted by Gasteiger charge is 2.51. The van der Waals surface area contributed by atoms with Crippen molar-refractivity contribution >= 4 is 5.97 Å². The molecule has 2 nitrogen and oxygen atoms in total. The van der Waals surface area contributed by atoms with E-state index in [4.69, 9.17) is 5.11 Å². The zero-order valence-electron chi connectivity index (χ0n) is 9.46. The van der Waals surface area contributed by atoms with Crippen LogP contribution in [0.15, 0.2) is 18.2 Å². The summed E-state index contributed by atoms with van der Waals surface area (Å²) in [5.74, 6) is -0.974. The van der Waals surface area contributed by atoms with Crippen LogP contribution >= 0.6 is 0 Å². The van der Waals surface area contributed by atoms with E-state index < -0.39 is 11.4 Å². The van der Waals surface area contributed by atoms with Crippen molar-refractivity contribution in [3.63, 3.8) is 0 Å².